The first-order valence-corrected chi connectivity index (χ1v) is 6.39. The summed E-state index contributed by atoms with van der Waals surface area (Å²) in [5.74, 6) is 0.430. The lowest BCUT2D eigenvalue weighted by Gasteiger charge is -2.12. The molecule has 0 aliphatic heterocycles. The first-order chi connectivity index (χ1) is 8.54. The summed E-state index contributed by atoms with van der Waals surface area (Å²) in [4.78, 5) is 3.94. The predicted molar refractivity (Wildman–Crippen MR) is 76.3 cm³/mol. The molecular weight excluding hydrogens is 316 g/mol. The van der Waals surface area contributed by atoms with Crippen molar-refractivity contribution in [3.8, 4) is 16.9 Å². The van der Waals surface area contributed by atoms with Gasteiger partial charge in [0.05, 0.1) is 17.2 Å². The van der Waals surface area contributed by atoms with Crippen molar-refractivity contribution in [2.75, 3.05) is 7.11 Å². The van der Waals surface area contributed by atoms with Crippen LogP contribution >= 0.6 is 46.4 Å². The maximum Gasteiger partial charge on any atom is 0.171 e. The van der Waals surface area contributed by atoms with Crippen LogP contribution in [0.2, 0.25) is 20.2 Å². The highest BCUT2D eigenvalue weighted by molar-refractivity contribution is 6.45. The van der Waals surface area contributed by atoms with E-state index in [9.17, 15) is 0 Å². The van der Waals surface area contributed by atoms with Crippen LogP contribution in [0.1, 0.15) is 0 Å². The molecule has 1 heterocycles. The Morgan fingerprint density at radius 3 is 2.44 bits per heavy atom. The monoisotopic (exact) mass is 321 g/mol. The highest BCUT2D eigenvalue weighted by Crippen LogP contribution is 2.41. The quantitative estimate of drug-likeness (QED) is 0.547. The van der Waals surface area contributed by atoms with Crippen molar-refractivity contribution in [3.63, 3.8) is 0 Å². The third kappa shape index (κ3) is 2.52. The largest absolute Gasteiger partial charge is 0.493 e. The van der Waals surface area contributed by atoms with Crippen molar-refractivity contribution in [2.45, 2.75) is 0 Å². The second-order valence-electron chi connectivity index (χ2n) is 3.43. The topological polar surface area (TPSA) is 22.1 Å². The fourth-order valence-electron chi connectivity index (χ4n) is 1.58. The minimum atomic E-state index is 0.252. The van der Waals surface area contributed by atoms with Gasteiger partial charge in [0.25, 0.3) is 0 Å². The van der Waals surface area contributed by atoms with E-state index in [4.69, 9.17) is 51.1 Å². The average molecular weight is 323 g/mol. The summed E-state index contributed by atoms with van der Waals surface area (Å²) in [5.41, 5.74) is 1.34. The molecule has 0 aliphatic rings. The number of hydrogen-bond acceptors (Lipinski definition) is 2. The Hall–Kier alpha value is -0.670. The van der Waals surface area contributed by atoms with Crippen LogP contribution in [0.5, 0.6) is 5.75 Å². The number of benzene rings is 1. The molecule has 0 aliphatic carbocycles. The third-order valence-corrected chi connectivity index (χ3v) is 3.64. The zero-order valence-corrected chi connectivity index (χ0v) is 12.2. The second kappa shape index (κ2) is 5.54. The number of nitrogens with zero attached hydrogens (tertiary/aromatic N) is 1. The number of ether oxygens (including phenoxy) is 1. The Morgan fingerprint density at radius 2 is 1.78 bits per heavy atom. The fourth-order valence-corrected chi connectivity index (χ4v) is 2.52. The number of rotatable bonds is 2. The maximum atomic E-state index is 6.17. The lowest BCUT2D eigenvalue weighted by Crippen LogP contribution is -1.92. The van der Waals surface area contributed by atoms with E-state index in [0.717, 1.165) is 0 Å². The van der Waals surface area contributed by atoms with Crippen LogP contribution < -0.4 is 4.74 Å². The van der Waals surface area contributed by atoms with Gasteiger partial charge < -0.3 is 4.74 Å². The van der Waals surface area contributed by atoms with E-state index in [1.807, 2.05) is 0 Å². The molecule has 0 saturated carbocycles. The Balaban J connectivity index is 2.73. The molecule has 0 fully saturated rings. The molecule has 0 bridgehead atoms. The smallest absolute Gasteiger partial charge is 0.171 e. The van der Waals surface area contributed by atoms with E-state index in [1.54, 1.807) is 24.4 Å². The zero-order chi connectivity index (χ0) is 13.3. The maximum absolute atomic E-state index is 6.17. The van der Waals surface area contributed by atoms with Gasteiger partial charge in [-0.3, -0.25) is 0 Å². The zero-order valence-electron chi connectivity index (χ0n) is 9.18. The summed E-state index contributed by atoms with van der Waals surface area (Å²) >= 11 is 24.1. The molecule has 0 saturated heterocycles. The Kier molecular flexibility index (Phi) is 4.23. The molecule has 1 aromatic heterocycles. The van der Waals surface area contributed by atoms with Gasteiger partial charge in [-0.1, -0.05) is 46.4 Å². The van der Waals surface area contributed by atoms with Crippen LogP contribution in [0.3, 0.4) is 0 Å². The molecule has 6 heteroatoms. The fraction of sp³-hybridized carbons (Fsp3) is 0.0833. The SMILES string of the molecule is COc1c(-c2cc(Cl)cc(Cl)c2Cl)ccnc1Cl. The van der Waals surface area contributed by atoms with Gasteiger partial charge in [0.2, 0.25) is 0 Å². The van der Waals surface area contributed by atoms with Crippen molar-refractivity contribution < 1.29 is 4.74 Å². The molecule has 0 amide bonds. The second-order valence-corrected chi connectivity index (χ2v) is 5.01. The van der Waals surface area contributed by atoms with Crippen molar-refractivity contribution in [1.82, 2.24) is 4.98 Å². The molecule has 0 atom stereocenters. The Bertz CT molecular complexity index is 601. The lowest BCUT2D eigenvalue weighted by atomic mass is 10.1. The van der Waals surface area contributed by atoms with Crippen LogP contribution in [-0.2, 0) is 0 Å². The van der Waals surface area contributed by atoms with Crippen LogP contribution in [0.15, 0.2) is 24.4 Å². The van der Waals surface area contributed by atoms with Crippen molar-refractivity contribution in [1.29, 1.82) is 0 Å². The number of halogens is 4. The first-order valence-electron chi connectivity index (χ1n) is 4.88. The van der Waals surface area contributed by atoms with Crippen molar-refractivity contribution >= 4 is 46.4 Å². The number of pyridine rings is 1. The Morgan fingerprint density at radius 1 is 1.06 bits per heavy atom. The van der Waals surface area contributed by atoms with Gasteiger partial charge in [0.1, 0.15) is 0 Å². The van der Waals surface area contributed by atoms with Gasteiger partial charge in [0.15, 0.2) is 10.9 Å². The Labute approximate surface area is 124 Å². The summed E-state index contributed by atoms with van der Waals surface area (Å²) in [6.07, 6.45) is 1.56. The van der Waals surface area contributed by atoms with Crippen LogP contribution in [0.25, 0.3) is 11.1 Å². The molecule has 2 aromatic rings. The van der Waals surface area contributed by atoms with Gasteiger partial charge in [-0.2, -0.15) is 0 Å². The summed E-state index contributed by atoms with van der Waals surface area (Å²) in [7, 11) is 1.51. The van der Waals surface area contributed by atoms with Gasteiger partial charge in [-0.25, -0.2) is 4.98 Å². The molecule has 1 aromatic carbocycles. The van der Waals surface area contributed by atoms with Gasteiger partial charge >= 0.3 is 0 Å². The highest BCUT2D eigenvalue weighted by atomic mass is 35.5. The summed E-state index contributed by atoms with van der Waals surface area (Å²) < 4.78 is 5.23. The summed E-state index contributed by atoms with van der Waals surface area (Å²) in [6, 6.07) is 5.01. The lowest BCUT2D eigenvalue weighted by molar-refractivity contribution is 0.415. The van der Waals surface area contributed by atoms with Crippen LogP contribution in [-0.4, -0.2) is 12.1 Å². The van der Waals surface area contributed by atoms with E-state index in [2.05, 4.69) is 4.98 Å². The van der Waals surface area contributed by atoms with Crippen molar-refractivity contribution in [3.05, 3.63) is 44.6 Å². The minimum absolute atomic E-state index is 0.252. The third-order valence-electron chi connectivity index (χ3n) is 2.35. The molecule has 2 rings (SSSR count). The predicted octanol–water partition coefficient (Wildman–Crippen LogP) is 5.37. The van der Waals surface area contributed by atoms with E-state index >= 15 is 0 Å². The minimum Gasteiger partial charge on any atom is -0.493 e. The number of aromatic nitrogens is 1. The summed E-state index contributed by atoms with van der Waals surface area (Å²) in [5, 5.41) is 1.49. The van der Waals surface area contributed by atoms with Crippen molar-refractivity contribution in [2.24, 2.45) is 0 Å². The number of methoxy groups -OCH3 is 1. The average Bonchev–Trinajstić information content (AvgIpc) is 2.33. The van der Waals surface area contributed by atoms with Crippen LogP contribution in [0, 0.1) is 0 Å². The molecule has 18 heavy (non-hydrogen) atoms. The molecule has 0 spiro atoms. The first kappa shape index (κ1) is 13.8. The van der Waals surface area contributed by atoms with E-state index in [0.29, 0.717) is 31.9 Å². The standard InChI is InChI=1S/C12H7Cl4NO/c1-18-11-7(2-3-17-12(11)16)8-4-6(13)5-9(14)10(8)15/h2-5H,1H3. The van der Waals surface area contributed by atoms with Gasteiger partial charge in [-0.15, -0.1) is 0 Å². The highest BCUT2D eigenvalue weighted by Gasteiger charge is 2.15. The van der Waals surface area contributed by atoms with E-state index < -0.39 is 0 Å². The molecular formula is C12H7Cl4NO. The molecule has 0 unspecified atom stereocenters. The van der Waals surface area contributed by atoms with E-state index in [-0.39, 0.29) is 5.15 Å². The molecule has 0 radical (unpaired) electrons. The van der Waals surface area contributed by atoms with E-state index in [1.165, 1.54) is 7.11 Å². The molecule has 2 nitrogen and oxygen atoms in total. The normalized spacial score (nSPS) is 10.5. The summed E-state index contributed by atoms with van der Waals surface area (Å²) in [6.45, 7) is 0. The molecule has 0 N–H and O–H groups in total. The van der Waals surface area contributed by atoms with Gasteiger partial charge in [-0.05, 0) is 18.2 Å². The van der Waals surface area contributed by atoms with Gasteiger partial charge in [0, 0.05) is 22.3 Å². The van der Waals surface area contributed by atoms with Crippen LogP contribution in [0.4, 0.5) is 0 Å². The number of hydrogen-bond donors (Lipinski definition) is 0. The molecule has 94 valence electrons.